The Balaban J connectivity index is 0.988. The highest BCUT2D eigenvalue weighted by atomic mass is 31.3. The van der Waals surface area contributed by atoms with Gasteiger partial charge in [-0.2, -0.15) is 8.62 Å². The summed E-state index contributed by atoms with van der Waals surface area (Å²) in [5.41, 5.74) is 5.27. The smallest absolute Gasteiger partial charge is 0.490 e. The van der Waals surface area contributed by atoms with Gasteiger partial charge >= 0.3 is 35.3 Å². The molecule has 1 aromatic heterocycles. The summed E-state index contributed by atoms with van der Waals surface area (Å²) in [6, 6.07) is 2.36. The highest BCUT2D eigenvalue weighted by molar-refractivity contribution is 7.66. The number of nitro benzene ring substituents is 1. The molecule has 2 aromatic rings. The number of alkyl carbamates (subject to hydrolysis) is 1. The van der Waals surface area contributed by atoms with E-state index >= 15 is 0 Å². The van der Waals surface area contributed by atoms with Gasteiger partial charge < -0.3 is 158 Å². The van der Waals surface area contributed by atoms with Crippen molar-refractivity contribution >= 4 is 41.0 Å². The molecular weight excluding hydrogens is 1800 g/mol. The van der Waals surface area contributed by atoms with E-state index in [1.54, 1.807) is 0 Å². The SMILES string of the molecule is COc1cc(C(C)OC(=O)NCC#Cc2cn([C@H]3CC(O)[C@@H](COP(=O)(O)OP(=O)(O)OP(=O)(O)O)O3)c(=O)[nH]c2=O)c([N+](=O)[O-])cc1OCCCC(=O)CCCOCCOCCOCCOCCOCCOCCOCCOCCOCCOCCOCCOCCOCCOCCOCCOCCOCCOCCOCCOCCOCCOCCOCCN=[N+]=[N-]. The van der Waals surface area contributed by atoms with E-state index < -0.39 is 89.1 Å². The van der Waals surface area contributed by atoms with Crippen molar-refractivity contribution in [3.8, 4) is 23.3 Å². The van der Waals surface area contributed by atoms with Gasteiger partial charge in [0.25, 0.3) is 11.2 Å². The molecule has 1 saturated heterocycles. The number of hydrogen-bond acceptors (Lipinski definition) is 41. The first-order valence-electron chi connectivity index (χ1n) is 41.7. The van der Waals surface area contributed by atoms with Gasteiger partial charge in [-0.05, 0) is 31.4 Å². The molecule has 0 radical (unpaired) electrons. The number of aliphatic hydroxyl groups excluding tert-OH is 1. The summed E-state index contributed by atoms with van der Waals surface area (Å²) >= 11 is 0. The van der Waals surface area contributed by atoms with Crippen LogP contribution in [0.15, 0.2) is 33.0 Å². The zero-order valence-corrected chi connectivity index (χ0v) is 75.9. The van der Waals surface area contributed by atoms with Gasteiger partial charge in [-0.25, -0.2) is 23.3 Å². The zero-order chi connectivity index (χ0) is 93.6. The lowest BCUT2D eigenvalue weighted by Crippen LogP contribution is -2.34. The third-order valence-corrected chi connectivity index (χ3v) is 20.1. The lowest BCUT2D eigenvalue weighted by atomic mass is 10.1. The normalized spacial score (nSPS) is 15.1. The summed E-state index contributed by atoms with van der Waals surface area (Å²) in [6.07, 6.45) is -4.97. The van der Waals surface area contributed by atoms with E-state index in [-0.39, 0.29) is 60.7 Å². The number of ether oxygens (including phenoxy) is 27. The summed E-state index contributed by atoms with van der Waals surface area (Å²) in [4.78, 5) is 103. The van der Waals surface area contributed by atoms with Crippen LogP contribution < -0.4 is 26.0 Å². The molecule has 7 N–H and O–H groups in total. The maximum Gasteiger partial charge on any atom is 0.490 e. The second kappa shape index (κ2) is 78.4. The van der Waals surface area contributed by atoms with E-state index in [9.17, 15) is 57.9 Å². The number of aliphatic hydroxyl groups is 1. The van der Waals surface area contributed by atoms with Crippen LogP contribution in [0.4, 0.5) is 10.5 Å². The third kappa shape index (κ3) is 66.2. The minimum atomic E-state index is -5.84. The number of phosphoric ester groups is 1. The number of hydrogen-bond donors (Lipinski definition) is 7. The van der Waals surface area contributed by atoms with Crippen LogP contribution in [0.3, 0.4) is 0 Å². The maximum absolute atomic E-state index is 12.8. The van der Waals surface area contributed by atoms with Gasteiger partial charge in [0.2, 0.25) is 0 Å². The van der Waals surface area contributed by atoms with Crippen LogP contribution in [0.2, 0.25) is 0 Å². The standard InChI is InChI=1S/C75H130N7O44P3/c1-63(123-75(87)77-9-3-6-64-61-81(74(86)79-73(64)85)72-60-68(84)71(124-72)62-122-128(93,94)126-129(95,96)125-127(90,91)92)66-58-69(97-2)70(59-67(66)82(88)89)121-12-5-8-65(83)7-4-11-98-14-16-100-18-20-102-22-24-104-26-28-106-30-32-108-34-36-110-38-40-112-42-44-114-46-48-116-50-52-118-54-56-120-57-55-119-53-51-117-49-47-115-45-43-113-41-39-111-37-35-109-33-31-107-29-27-105-25-23-103-21-19-101-17-15-99-13-10-78-80-76/h58-59,61,63,68,71-72,84H,4-5,7-57,60,62H2,1-2H3,(H,77,87)(H,93,94)(H,95,96)(H,79,85,86)(H2,90,91,92)/t63?,68?,71-,72-/m1/s1. The average molecular weight is 1930 g/mol. The van der Waals surface area contributed by atoms with Crippen molar-refractivity contribution < 1.29 is 194 Å². The van der Waals surface area contributed by atoms with E-state index in [1.165, 1.54) is 20.1 Å². The highest BCUT2D eigenvalue weighted by Crippen LogP contribution is 2.66. The predicted molar refractivity (Wildman–Crippen MR) is 447 cm³/mol. The molecule has 2 heterocycles. The summed E-state index contributed by atoms with van der Waals surface area (Å²) in [6.45, 7) is 20.2. The second-order valence-corrected chi connectivity index (χ2v) is 30.6. The van der Waals surface area contributed by atoms with E-state index in [0.29, 0.717) is 317 Å². The number of carbonyl (C=O) groups is 2. The van der Waals surface area contributed by atoms with Crippen molar-refractivity contribution in [3.63, 3.8) is 0 Å². The largest absolute Gasteiger partial charge is 0.493 e. The maximum atomic E-state index is 12.8. The molecule has 1 aromatic carbocycles. The summed E-state index contributed by atoms with van der Waals surface area (Å²) < 4.78 is 196. The fraction of sp³-hybridized carbons (Fsp3) is 0.813. The predicted octanol–water partition coefficient (Wildman–Crippen LogP) is 2.48. The lowest BCUT2D eigenvalue weighted by molar-refractivity contribution is -0.386. The van der Waals surface area contributed by atoms with Gasteiger partial charge in [-0.15, -0.1) is 0 Å². The van der Waals surface area contributed by atoms with Crippen molar-refractivity contribution in [2.45, 2.75) is 63.6 Å². The topological polar surface area (TPSA) is 622 Å². The fourth-order valence-electron chi connectivity index (χ4n) is 10.2. The number of benzene rings is 1. The second-order valence-electron chi connectivity index (χ2n) is 26.2. The molecule has 6 atom stereocenters. The number of rotatable bonds is 91. The number of methoxy groups -OCH3 is 1. The van der Waals surface area contributed by atoms with Gasteiger partial charge in [0.05, 0.1) is 347 Å². The molecule has 129 heavy (non-hydrogen) atoms. The van der Waals surface area contributed by atoms with E-state index in [0.717, 1.165) is 16.8 Å². The molecule has 54 heteroatoms. The van der Waals surface area contributed by atoms with Crippen molar-refractivity contribution in [2.24, 2.45) is 5.11 Å². The van der Waals surface area contributed by atoms with Gasteiger partial charge in [0.1, 0.15) is 29.8 Å². The number of nitro groups is 1. The molecule has 744 valence electrons. The Labute approximate surface area is 747 Å². The van der Waals surface area contributed by atoms with Crippen LogP contribution in [0.5, 0.6) is 11.5 Å². The first-order valence-corrected chi connectivity index (χ1v) is 46.3. The lowest BCUT2D eigenvalue weighted by Gasteiger charge is -2.19. The molecule has 0 aliphatic carbocycles. The number of carbonyl (C=O) groups excluding carboxylic acids is 2. The highest BCUT2D eigenvalue weighted by Gasteiger charge is 2.43. The number of nitrogens with one attached hydrogen (secondary N) is 2. The van der Waals surface area contributed by atoms with Crippen molar-refractivity contribution in [3.05, 3.63) is 70.9 Å². The van der Waals surface area contributed by atoms with Crippen LogP contribution in [-0.2, 0) is 150 Å². The number of azide groups is 1. The summed E-state index contributed by atoms with van der Waals surface area (Å²) in [5.74, 6) is 4.93. The Hall–Kier alpha value is -5.88. The van der Waals surface area contributed by atoms with Gasteiger partial charge in [-0.1, -0.05) is 17.0 Å². The number of aromatic nitrogens is 2. The Morgan fingerprint density at radius 3 is 1.23 bits per heavy atom. The van der Waals surface area contributed by atoms with Gasteiger partial charge in [-0.3, -0.25) is 33.8 Å². The number of Topliss-reactive ketones (excluding diaryl/α,β-unsaturated/α-hetero) is 1. The molecular formula is C75H130N7O44P3. The quantitative estimate of drug-likeness (QED) is 0.00731. The molecule has 1 aliphatic heterocycles. The van der Waals surface area contributed by atoms with Crippen LogP contribution in [-0.4, -0.2) is 401 Å². The van der Waals surface area contributed by atoms with Gasteiger partial charge in [0.15, 0.2) is 11.5 Å². The van der Waals surface area contributed by atoms with E-state index in [1.807, 2.05) is 4.98 Å². The number of H-pyrrole nitrogens is 1. The third-order valence-electron chi connectivity index (χ3n) is 16.3. The molecule has 51 nitrogen and oxygen atoms in total. The number of phosphoric acid groups is 3. The number of aromatic amines is 1. The number of nitrogens with zero attached hydrogens (tertiary/aromatic N) is 5. The van der Waals surface area contributed by atoms with Gasteiger partial charge in [0, 0.05) is 43.5 Å². The van der Waals surface area contributed by atoms with E-state index in [2.05, 4.69) is 40.3 Å². The number of ketones is 1. The summed E-state index contributed by atoms with van der Waals surface area (Å²) in [5, 5.41) is 28.3. The van der Waals surface area contributed by atoms with Crippen LogP contribution >= 0.6 is 23.5 Å². The minimum Gasteiger partial charge on any atom is -0.493 e. The first kappa shape index (κ1) is 117. The van der Waals surface area contributed by atoms with Crippen LogP contribution in [0.25, 0.3) is 10.4 Å². The minimum absolute atomic E-state index is 0.00177. The first-order chi connectivity index (χ1) is 62.5. The molecule has 3 rings (SSSR count). The Bertz CT molecular complexity index is 3600. The van der Waals surface area contributed by atoms with Crippen molar-refractivity contribution in [1.29, 1.82) is 0 Å². The molecule has 1 amide bonds. The Morgan fingerprint density at radius 2 is 0.891 bits per heavy atom. The van der Waals surface area contributed by atoms with Crippen molar-refractivity contribution in [1.82, 2.24) is 14.9 Å². The molecule has 1 aliphatic rings. The zero-order valence-electron chi connectivity index (χ0n) is 73.2. The van der Waals surface area contributed by atoms with Crippen LogP contribution in [0, 0.1) is 22.0 Å². The Morgan fingerprint density at radius 1 is 0.543 bits per heavy atom. The molecule has 0 spiro atoms. The molecule has 4 unspecified atom stereocenters. The van der Waals surface area contributed by atoms with Crippen LogP contribution in [0.1, 0.15) is 62.5 Å². The Kier molecular flexibility index (Phi) is 71.3. The fourth-order valence-corrected chi connectivity index (χ4v) is 13.2. The van der Waals surface area contributed by atoms with E-state index in [4.69, 9.17) is 143 Å². The average Bonchev–Trinajstić information content (AvgIpc) is 1.78. The number of amides is 1. The molecule has 0 saturated carbocycles. The van der Waals surface area contributed by atoms with Crippen molar-refractivity contribution in [2.75, 3.05) is 337 Å². The summed E-state index contributed by atoms with van der Waals surface area (Å²) in [7, 11) is -15.8. The molecule has 0 bridgehead atoms. The molecule has 1 fully saturated rings. The monoisotopic (exact) mass is 1930 g/mol.